The lowest BCUT2D eigenvalue weighted by Crippen LogP contribution is -2.46. The Morgan fingerprint density at radius 3 is 1.36 bits per heavy atom. The van der Waals surface area contributed by atoms with Gasteiger partial charge in [-0.3, -0.25) is 0 Å². The van der Waals surface area contributed by atoms with Gasteiger partial charge < -0.3 is 10.2 Å². The van der Waals surface area contributed by atoms with Crippen molar-refractivity contribution in [2.45, 2.75) is 77.2 Å². The van der Waals surface area contributed by atoms with Crippen LogP contribution in [-0.2, 0) is 0 Å². The van der Waals surface area contributed by atoms with Gasteiger partial charge in [0.25, 0.3) is 0 Å². The molecule has 2 nitrogen and oxygen atoms in total. The van der Waals surface area contributed by atoms with Crippen molar-refractivity contribution in [1.82, 2.24) is 0 Å². The Morgan fingerprint density at radius 2 is 1.04 bits per heavy atom. The Balaban J connectivity index is 2.11. The van der Waals surface area contributed by atoms with Crippen LogP contribution in [0.3, 0.4) is 0 Å². The van der Waals surface area contributed by atoms with Crippen molar-refractivity contribution in [2.24, 2.45) is 11.8 Å². The highest BCUT2D eigenvalue weighted by atomic mass is 28.3. The largest absolute Gasteiger partial charge is 0.384 e. The van der Waals surface area contributed by atoms with Crippen LogP contribution in [-0.4, -0.2) is 26.4 Å². The number of benzene rings is 1. The smallest absolute Gasteiger partial charge is 0.104 e. The van der Waals surface area contributed by atoms with Gasteiger partial charge >= 0.3 is 0 Å². The maximum Gasteiger partial charge on any atom is 0.104 e. The quantitative estimate of drug-likeness (QED) is 0.591. The highest BCUT2D eigenvalue weighted by Gasteiger charge is 2.50. The van der Waals surface area contributed by atoms with Gasteiger partial charge in [0.15, 0.2) is 0 Å². The zero-order valence-electron chi connectivity index (χ0n) is 18.3. The first kappa shape index (κ1) is 20.3. The van der Waals surface area contributed by atoms with E-state index in [0.29, 0.717) is 11.8 Å². The molecule has 1 saturated carbocycles. The summed E-state index contributed by atoms with van der Waals surface area (Å²) in [5, 5.41) is 26.3. The van der Waals surface area contributed by atoms with Crippen LogP contribution in [0.15, 0.2) is 45.8 Å². The Morgan fingerprint density at radius 1 is 0.679 bits per heavy atom. The third-order valence-electron chi connectivity index (χ3n) is 7.13. The highest BCUT2D eigenvalue weighted by Crippen LogP contribution is 2.58. The van der Waals surface area contributed by atoms with Gasteiger partial charge in [0.2, 0.25) is 0 Å². The van der Waals surface area contributed by atoms with Crippen molar-refractivity contribution in [3.63, 3.8) is 0 Å². The van der Waals surface area contributed by atoms with Gasteiger partial charge in [0.05, 0.1) is 16.1 Å². The molecule has 3 aliphatic rings. The van der Waals surface area contributed by atoms with Gasteiger partial charge in [-0.1, -0.05) is 86.8 Å². The third-order valence-corrected chi connectivity index (χ3v) is 11.6. The number of allylic oxidation sites excluding steroid dienone is 2. The normalized spacial score (nSPS) is 30.7. The van der Waals surface area contributed by atoms with Crippen LogP contribution in [0, 0.1) is 11.8 Å². The maximum absolute atomic E-state index is 11.6. The number of fused-ring (bicyclic) bond motifs is 3. The van der Waals surface area contributed by atoms with Crippen LogP contribution in [0.4, 0.5) is 0 Å². The fraction of sp³-hybridized carbons (Fsp3) is 0.583. The zero-order valence-corrected chi connectivity index (χ0v) is 20.3. The second-order valence-corrected chi connectivity index (χ2v) is 21.2. The Bertz CT molecular complexity index is 783. The summed E-state index contributed by atoms with van der Waals surface area (Å²) in [5.41, 5.74) is 4.08. The maximum atomic E-state index is 11.6. The summed E-state index contributed by atoms with van der Waals surface area (Å²) in [5.74, 6) is 1.15. The van der Waals surface area contributed by atoms with Crippen molar-refractivity contribution < 1.29 is 10.2 Å². The molecule has 4 rings (SSSR count). The van der Waals surface area contributed by atoms with Gasteiger partial charge in [0.1, 0.15) is 12.2 Å². The number of aliphatic hydroxyl groups is 2. The van der Waals surface area contributed by atoms with Crippen LogP contribution in [0.25, 0.3) is 0 Å². The second kappa shape index (κ2) is 6.80. The zero-order chi connectivity index (χ0) is 20.4. The van der Waals surface area contributed by atoms with E-state index in [0.717, 1.165) is 22.3 Å². The van der Waals surface area contributed by atoms with E-state index in [1.54, 1.807) is 10.4 Å². The van der Waals surface area contributed by atoms with Crippen molar-refractivity contribution in [1.29, 1.82) is 0 Å². The second-order valence-electron chi connectivity index (χ2n) is 11.1. The minimum absolute atomic E-state index is 0.577. The summed E-state index contributed by atoms with van der Waals surface area (Å²) < 4.78 is 0. The lowest BCUT2D eigenvalue weighted by Gasteiger charge is -2.51. The fourth-order valence-corrected chi connectivity index (χ4v) is 11.4. The third kappa shape index (κ3) is 3.04. The molecule has 4 heteroatoms. The molecule has 0 aliphatic heterocycles. The molecule has 0 amide bonds. The van der Waals surface area contributed by atoms with E-state index in [4.69, 9.17) is 0 Å². The number of aliphatic hydroxyl groups excluding tert-OH is 2. The molecule has 0 unspecified atom stereocenters. The number of hydrogen-bond acceptors (Lipinski definition) is 2. The van der Waals surface area contributed by atoms with Crippen LogP contribution >= 0.6 is 0 Å². The van der Waals surface area contributed by atoms with E-state index < -0.39 is 28.4 Å². The van der Waals surface area contributed by atoms with Crippen molar-refractivity contribution >= 4 is 16.1 Å². The van der Waals surface area contributed by atoms with Crippen LogP contribution in [0.1, 0.15) is 49.0 Å². The molecule has 3 aliphatic carbocycles. The molecule has 152 valence electrons. The van der Waals surface area contributed by atoms with E-state index in [-0.39, 0.29) is 0 Å². The molecule has 0 spiro atoms. The lowest BCUT2D eigenvalue weighted by molar-refractivity contribution is 0.158. The average Bonchev–Trinajstić information content (AvgIpc) is 2.62. The molecule has 2 N–H and O–H groups in total. The Labute approximate surface area is 172 Å². The molecule has 0 bridgehead atoms. The molecule has 1 aromatic rings. The molecule has 0 radical (unpaired) electrons. The van der Waals surface area contributed by atoms with Crippen LogP contribution < -0.4 is 0 Å². The van der Waals surface area contributed by atoms with E-state index in [1.165, 1.54) is 25.7 Å². The molecule has 4 atom stereocenters. The highest BCUT2D eigenvalue weighted by molar-refractivity contribution is 6.85. The Kier molecular flexibility index (Phi) is 4.93. The molecular weight excluding hydrogens is 376 g/mol. The fourth-order valence-electron chi connectivity index (χ4n) is 6.34. The van der Waals surface area contributed by atoms with Crippen molar-refractivity contribution in [3.8, 4) is 0 Å². The van der Waals surface area contributed by atoms with Gasteiger partial charge in [-0.15, -0.1) is 0 Å². The van der Waals surface area contributed by atoms with Gasteiger partial charge in [-0.25, -0.2) is 0 Å². The minimum Gasteiger partial charge on any atom is -0.384 e. The summed E-state index contributed by atoms with van der Waals surface area (Å²) >= 11 is 0. The van der Waals surface area contributed by atoms with Crippen molar-refractivity contribution in [3.05, 3.63) is 56.9 Å². The Hall–Kier alpha value is -0.946. The summed E-state index contributed by atoms with van der Waals surface area (Å²) in [6, 6.07) is 8.00. The molecule has 0 saturated heterocycles. The lowest BCUT2D eigenvalue weighted by atomic mass is 9.68. The summed E-state index contributed by atoms with van der Waals surface area (Å²) in [7, 11) is -3.33. The average molecular weight is 413 g/mol. The first-order valence-electron chi connectivity index (χ1n) is 11.0. The predicted octanol–water partition coefficient (Wildman–Crippen LogP) is 5.94. The van der Waals surface area contributed by atoms with Gasteiger partial charge in [-0.2, -0.15) is 0 Å². The molecule has 0 aromatic heterocycles. The first-order valence-corrected chi connectivity index (χ1v) is 18.0. The molecule has 0 heterocycles. The first-order chi connectivity index (χ1) is 13.0. The van der Waals surface area contributed by atoms with E-state index in [1.807, 2.05) is 24.3 Å². The predicted molar refractivity (Wildman–Crippen MR) is 123 cm³/mol. The van der Waals surface area contributed by atoms with Gasteiger partial charge in [0, 0.05) is 0 Å². The topological polar surface area (TPSA) is 40.5 Å². The van der Waals surface area contributed by atoms with Crippen molar-refractivity contribution in [2.75, 3.05) is 0 Å². The number of hydrogen-bond donors (Lipinski definition) is 2. The minimum atomic E-state index is -1.66. The monoisotopic (exact) mass is 412 g/mol. The SMILES string of the molecule is C[Si](C)(C)C1=C2C(=C([Si](C)(C)C)[C@@H]3CCCC[C@H]13)[C@H](O)c1ccccc1[C@@H]2O. The number of rotatable bonds is 2. The van der Waals surface area contributed by atoms with E-state index in [2.05, 4.69) is 39.3 Å². The molecule has 28 heavy (non-hydrogen) atoms. The van der Waals surface area contributed by atoms with Crippen LogP contribution in [0.5, 0.6) is 0 Å². The van der Waals surface area contributed by atoms with E-state index in [9.17, 15) is 10.2 Å². The molecular formula is C24H36O2Si2. The van der Waals surface area contributed by atoms with E-state index >= 15 is 0 Å². The van der Waals surface area contributed by atoms with Gasteiger partial charge in [-0.05, 0) is 47.0 Å². The standard InChI is InChI=1S/C24H36O2Si2/c1-27(2,3)23-17-13-9-10-14-18(17)24(28(4,5)6)20-19(23)21(25)15-11-7-8-12-16(15)22(20)26/h7-8,11-12,17-18,21-22,25-26H,9-10,13-14H2,1-6H3/t17-,18+,21-,22+. The molecule has 1 aromatic carbocycles. The summed E-state index contributed by atoms with van der Waals surface area (Å²) in [4.78, 5) is 0. The van der Waals surface area contributed by atoms with Crippen LogP contribution in [0.2, 0.25) is 39.3 Å². The summed E-state index contributed by atoms with van der Waals surface area (Å²) in [6.45, 7) is 14.6. The summed E-state index contributed by atoms with van der Waals surface area (Å²) in [6.07, 6.45) is 3.91. The molecule has 1 fully saturated rings.